The number of anilines is 2. The zero-order valence-corrected chi connectivity index (χ0v) is 13.8. The van der Waals surface area contributed by atoms with E-state index in [1.54, 1.807) is 12.1 Å². The fourth-order valence-corrected chi connectivity index (χ4v) is 4.27. The molecule has 2 saturated heterocycles. The van der Waals surface area contributed by atoms with Gasteiger partial charge in [-0.15, -0.1) is 0 Å². The van der Waals surface area contributed by atoms with Gasteiger partial charge in [-0.25, -0.2) is 8.42 Å². The summed E-state index contributed by atoms with van der Waals surface area (Å²) in [5.41, 5.74) is 7.19. The Hall–Kier alpha value is -1.35. The SMILES string of the molecule is Nc1cc(S(=O)(=O)N2CCOCC2)ccc1NCC1CCCO1. The molecule has 0 aromatic heterocycles. The maximum atomic E-state index is 12.6. The normalized spacial score (nSPS) is 23.0. The molecule has 1 unspecified atom stereocenters. The molecule has 1 aromatic carbocycles. The van der Waals surface area contributed by atoms with E-state index in [2.05, 4.69) is 5.32 Å². The van der Waals surface area contributed by atoms with E-state index in [1.165, 1.54) is 10.4 Å². The maximum Gasteiger partial charge on any atom is 0.243 e. The summed E-state index contributed by atoms with van der Waals surface area (Å²) in [4.78, 5) is 0.222. The molecular weight excluding hydrogens is 318 g/mol. The predicted molar refractivity (Wildman–Crippen MR) is 87.9 cm³/mol. The van der Waals surface area contributed by atoms with Gasteiger partial charge in [0.2, 0.25) is 10.0 Å². The lowest BCUT2D eigenvalue weighted by Gasteiger charge is -2.26. The molecule has 0 saturated carbocycles. The van der Waals surface area contributed by atoms with Crippen molar-refractivity contribution in [2.24, 2.45) is 0 Å². The molecule has 1 aromatic rings. The number of nitrogens with two attached hydrogens (primary N) is 1. The Morgan fingerprint density at radius 2 is 2.04 bits per heavy atom. The molecule has 0 amide bonds. The Morgan fingerprint density at radius 1 is 1.26 bits per heavy atom. The van der Waals surface area contributed by atoms with E-state index in [1.807, 2.05) is 0 Å². The summed E-state index contributed by atoms with van der Waals surface area (Å²) < 4.78 is 37.4. The monoisotopic (exact) mass is 341 g/mol. The Labute approximate surface area is 136 Å². The van der Waals surface area contributed by atoms with Crippen LogP contribution in [0.1, 0.15) is 12.8 Å². The van der Waals surface area contributed by atoms with Crippen LogP contribution in [-0.4, -0.2) is 58.3 Å². The minimum Gasteiger partial charge on any atom is -0.397 e. The molecule has 0 radical (unpaired) electrons. The first-order valence-electron chi connectivity index (χ1n) is 7.90. The number of hydrogen-bond donors (Lipinski definition) is 2. The van der Waals surface area contributed by atoms with E-state index in [4.69, 9.17) is 15.2 Å². The molecular formula is C15H23N3O4S. The molecule has 7 nitrogen and oxygen atoms in total. The van der Waals surface area contributed by atoms with E-state index in [-0.39, 0.29) is 11.0 Å². The number of nitrogens with one attached hydrogen (secondary N) is 1. The summed E-state index contributed by atoms with van der Waals surface area (Å²) in [5, 5.41) is 3.23. The molecule has 1 atom stereocenters. The van der Waals surface area contributed by atoms with Gasteiger partial charge < -0.3 is 20.5 Å². The Morgan fingerprint density at radius 3 is 2.70 bits per heavy atom. The van der Waals surface area contributed by atoms with Crippen molar-refractivity contribution in [3.05, 3.63) is 18.2 Å². The number of sulfonamides is 1. The van der Waals surface area contributed by atoms with Crippen LogP contribution in [0.25, 0.3) is 0 Å². The van der Waals surface area contributed by atoms with Crippen molar-refractivity contribution in [2.45, 2.75) is 23.8 Å². The first-order valence-corrected chi connectivity index (χ1v) is 9.34. The van der Waals surface area contributed by atoms with Crippen molar-refractivity contribution in [1.82, 2.24) is 4.31 Å². The topological polar surface area (TPSA) is 93.9 Å². The third kappa shape index (κ3) is 3.77. The van der Waals surface area contributed by atoms with Crippen molar-refractivity contribution in [2.75, 3.05) is 50.5 Å². The van der Waals surface area contributed by atoms with Gasteiger partial charge in [-0.1, -0.05) is 0 Å². The standard InChI is InChI=1S/C15H23N3O4S/c16-14-10-13(23(19,20)18-5-8-21-9-6-18)3-4-15(14)17-11-12-2-1-7-22-12/h3-4,10,12,17H,1-2,5-9,11,16H2. The third-order valence-electron chi connectivity index (χ3n) is 4.18. The van der Waals surface area contributed by atoms with Crippen LogP contribution in [-0.2, 0) is 19.5 Å². The Kier molecular flexibility index (Phi) is 5.05. The molecule has 128 valence electrons. The highest BCUT2D eigenvalue weighted by Crippen LogP contribution is 2.25. The second-order valence-corrected chi connectivity index (χ2v) is 7.72. The van der Waals surface area contributed by atoms with Crippen LogP contribution in [0.3, 0.4) is 0 Å². The van der Waals surface area contributed by atoms with E-state index in [0.29, 0.717) is 38.5 Å². The fraction of sp³-hybridized carbons (Fsp3) is 0.600. The van der Waals surface area contributed by atoms with Crippen molar-refractivity contribution >= 4 is 21.4 Å². The second-order valence-electron chi connectivity index (χ2n) is 5.78. The summed E-state index contributed by atoms with van der Waals surface area (Å²) in [5.74, 6) is 0. The average Bonchev–Trinajstić information content (AvgIpc) is 3.08. The van der Waals surface area contributed by atoms with Crippen molar-refractivity contribution in [3.63, 3.8) is 0 Å². The van der Waals surface area contributed by atoms with Gasteiger partial charge in [0.25, 0.3) is 0 Å². The molecule has 3 rings (SSSR count). The smallest absolute Gasteiger partial charge is 0.243 e. The van der Waals surface area contributed by atoms with E-state index < -0.39 is 10.0 Å². The van der Waals surface area contributed by atoms with Crippen molar-refractivity contribution in [1.29, 1.82) is 0 Å². The zero-order chi connectivity index (χ0) is 16.3. The Bertz CT molecular complexity index is 638. The number of nitrogen functional groups attached to an aromatic ring is 1. The average molecular weight is 341 g/mol. The van der Waals surface area contributed by atoms with Gasteiger partial charge >= 0.3 is 0 Å². The fourth-order valence-electron chi connectivity index (χ4n) is 2.83. The summed E-state index contributed by atoms with van der Waals surface area (Å²) >= 11 is 0. The largest absolute Gasteiger partial charge is 0.397 e. The minimum atomic E-state index is -3.51. The molecule has 2 fully saturated rings. The first-order chi connectivity index (χ1) is 11.1. The molecule has 2 aliphatic rings. The molecule has 2 heterocycles. The van der Waals surface area contributed by atoms with E-state index in [9.17, 15) is 8.42 Å². The number of rotatable bonds is 5. The van der Waals surface area contributed by atoms with Gasteiger partial charge in [0.15, 0.2) is 0 Å². The number of ether oxygens (including phenoxy) is 2. The zero-order valence-electron chi connectivity index (χ0n) is 13.0. The highest BCUT2D eigenvalue weighted by atomic mass is 32.2. The second kappa shape index (κ2) is 7.04. The molecule has 0 bridgehead atoms. The van der Waals surface area contributed by atoms with Crippen LogP contribution in [0.4, 0.5) is 11.4 Å². The summed E-state index contributed by atoms with van der Waals surface area (Å²) in [6, 6.07) is 4.83. The van der Waals surface area contributed by atoms with Crippen LogP contribution >= 0.6 is 0 Å². The molecule has 0 aliphatic carbocycles. The van der Waals surface area contributed by atoms with Crippen LogP contribution in [0.5, 0.6) is 0 Å². The summed E-state index contributed by atoms with van der Waals surface area (Å²) in [6.07, 6.45) is 2.32. The van der Waals surface area contributed by atoms with Crippen LogP contribution in [0, 0.1) is 0 Å². The summed E-state index contributed by atoms with van der Waals surface area (Å²) in [7, 11) is -3.51. The van der Waals surface area contributed by atoms with Gasteiger partial charge in [0.1, 0.15) is 0 Å². The predicted octanol–water partition coefficient (Wildman–Crippen LogP) is 0.881. The number of benzene rings is 1. The summed E-state index contributed by atoms with van der Waals surface area (Å²) in [6.45, 7) is 3.09. The van der Waals surface area contributed by atoms with Crippen molar-refractivity contribution in [3.8, 4) is 0 Å². The molecule has 3 N–H and O–H groups in total. The lowest BCUT2D eigenvalue weighted by molar-refractivity contribution is 0.0730. The van der Waals surface area contributed by atoms with E-state index >= 15 is 0 Å². The molecule has 23 heavy (non-hydrogen) atoms. The van der Waals surface area contributed by atoms with Gasteiger partial charge in [-0.3, -0.25) is 0 Å². The molecule has 2 aliphatic heterocycles. The highest BCUT2D eigenvalue weighted by molar-refractivity contribution is 7.89. The molecule has 0 spiro atoms. The van der Waals surface area contributed by atoms with Crippen LogP contribution < -0.4 is 11.1 Å². The van der Waals surface area contributed by atoms with Gasteiger partial charge in [-0.2, -0.15) is 4.31 Å². The maximum absolute atomic E-state index is 12.6. The quantitative estimate of drug-likeness (QED) is 0.772. The van der Waals surface area contributed by atoms with Gasteiger partial charge in [0, 0.05) is 26.2 Å². The molecule has 8 heteroatoms. The highest BCUT2D eigenvalue weighted by Gasteiger charge is 2.26. The number of hydrogen-bond acceptors (Lipinski definition) is 6. The first kappa shape index (κ1) is 16.5. The van der Waals surface area contributed by atoms with Gasteiger partial charge in [-0.05, 0) is 31.0 Å². The van der Waals surface area contributed by atoms with Crippen molar-refractivity contribution < 1.29 is 17.9 Å². The third-order valence-corrected chi connectivity index (χ3v) is 6.07. The number of morpholine rings is 1. The van der Waals surface area contributed by atoms with Gasteiger partial charge in [0.05, 0.1) is 35.6 Å². The number of nitrogens with zero attached hydrogens (tertiary/aromatic N) is 1. The van der Waals surface area contributed by atoms with Crippen LogP contribution in [0.15, 0.2) is 23.1 Å². The lowest BCUT2D eigenvalue weighted by atomic mass is 10.2. The lowest BCUT2D eigenvalue weighted by Crippen LogP contribution is -2.40. The minimum absolute atomic E-state index is 0.200. The van der Waals surface area contributed by atoms with Crippen LogP contribution in [0.2, 0.25) is 0 Å². The Balaban J connectivity index is 1.70. The van der Waals surface area contributed by atoms with E-state index in [0.717, 1.165) is 25.1 Å².